The van der Waals surface area contributed by atoms with E-state index in [9.17, 15) is 13.2 Å². The molecule has 1 atom stereocenters. The first-order valence-corrected chi connectivity index (χ1v) is 13.1. The number of nitrogens with zero attached hydrogens (tertiary/aromatic N) is 3. The second-order valence-corrected chi connectivity index (χ2v) is 10.9. The molecule has 10 heteroatoms. The Morgan fingerprint density at radius 1 is 1.17 bits per heavy atom. The van der Waals surface area contributed by atoms with Crippen molar-refractivity contribution in [1.82, 2.24) is 14.4 Å². The van der Waals surface area contributed by atoms with Gasteiger partial charge in [-0.15, -0.1) is 0 Å². The molecule has 4 rings (SSSR count). The number of anilines is 1. The van der Waals surface area contributed by atoms with Crippen LogP contribution in [0.4, 0.5) is 5.69 Å². The quantitative estimate of drug-likeness (QED) is 0.502. The molecule has 1 amide bonds. The molecule has 2 heterocycles. The van der Waals surface area contributed by atoms with Gasteiger partial charge in [0.2, 0.25) is 21.8 Å². The number of nitrogens with one attached hydrogen (secondary N) is 1. The van der Waals surface area contributed by atoms with Gasteiger partial charge in [-0.3, -0.25) is 4.79 Å². The standard InChI is InChI=1S/C25H30N4O5S/c1-17(2)25-27-23(28-34-25)15-18-6-8-20(9-7-18)26-24(30)19-5-4-14-29(16-19)35(31,32)22-12-10-21(33-3)11-13-22/h6-13,17,19H,4-5,14-16H2,1-3H3,(H,26,30)/t19-/m0/s1. The number of carbonyl (C=O) groups excluding carboxylic acids is 1. The van der Waals surface area contributed by atoms with Crippen LogP contribution in [0.1, 0.15) is 49.9 Å². The molecule has 0 spiro atoms. The summed E-state index contributed by atoms with van der Waals surface area (Å²) in [6.45, 7) is 4.53. The van der Waals surface area contributed by atoms with E-state index in [0.717, 1.165) is 5.56 Å². The normalized spacial score (nSPS) is 16.9. The van der Waals surface area contributed by atoms with Crippen LogP contribution in [0.25, 0.3) is 0 Å². The minimum Gasteiger partial charge on any atom is -0.497 e. The van der Waals surface area contributed by atoms with Crippen molar-refractivity contribution < 1.29 is 22.5 Å². The number of methoxy groups -OCH3 is 1. The van der Waals surface area contributed by atoms with Gasteiger partial charge in [0.15, 0.2) is 5.82 Å². The Balaban J connectivity index is 1.36. The zero-order valence-corrected chi connectivity index (χ0v) is 20.9. The van der Waals surface area contributed by atoms with Crippen LogP contribution in [0.15, 0.2) is 57.9 Å². The molecule has 0 unspecified atom stereocenters. The molecule has 0 aliphatic carbocycles. The highest BCUT2D eigenvalue weighted by Gasteiger charge is 2.33. The Morgan fingerprint density at radius 2 is 1.89 bits per heavy atom. The molecule has 1 saturated heterocycles. The molecule has 1 N–H and O–H groups in total. The topological polar surface area (TPSA) is 115 Å². The first kappa shape index (κ1) is 24.9. The number of sulfonamides is 1. The minimum atomic E-state index is -3.69. The third-order valence-electron chi connectivity index (χ3n) is 6.01. The number of hydrogen-bond acceptors (Lipinski definition) is 7. The van der Waals surface area contributed by atoms with E-state index in [1.807, 2.05) is 38.1 Å². The van der Waals surface area contributed by atoms with Crippen LogP contribution in [0.5, 0.6) is 5.75 Å². The summed E-state index contributed by atoms with van der Waals surface area (Å²) in [6.07, 6.45) is 1.79. The Hall–Kier alpha value is -3.24. The van der Waals surface area contributed by atoms with E-state index in [4.69, 9.17) is 9.26 Å². The Kier molecular flexibility index (Phi) is 7.51. The zero-order valence-electron chi connectivity index (χ0n) is 20.1. The van der Waals surface area contributed by atoms with E-state index < -0.39 is 15.9 Å². The van der Waals surface area contributed by atoms with Crippen molar-refractivity contribution in [3.05, 3.63) is 65.8 Å². The fourth-order valence-electron chi connectivity index (χ4n) is 3.98. The number of hydrogen-bond donors (Lipinski definition) is 1. The average Bonchev–Trinajstić information content (AvgIpc) is 3.34. The van der Waals surface area contributed by atoms with Gasteiger partial charge < -0.3 is 14.6 Å². The van der Waals surface area contributed by atoms with Crippen molar-refractivity contribution in [2.75, 3.05) is 25.5 Å². The average molecular weight is 499 g/mol. The first-order chi connectivity index (χ1) is 16.8. The van der Waals surface area contributed by atoms with Gasteiger partial charge in [-0.2, -0.15) is 9.29 Å². The summed E-state index contributed by atoms with van der Waals surface area (Å²) in [5, 5.41) is 6.93. The zero-order chi connectivity index (χ0) is 25.0. The van der Waals surface area contributed by atoms with Crippen molar-refractivity contribution in [1.29, 1.82) is 0 Å². The Labute approximate surface area is 205 Å². The van der Waals surface area contributed by atoms with Crippen LogP contribution in [0, 0.1) is 5.92 Å². The molecule has 3 aromatic rings. The van der Waals surface area contributed by atoms with Crippen molar-refractivity contribution in [3.63, 3.8) is 0 Å². The van der Waals surface area contributed by atoms with Crippen LogP contribution >= 0.6 is 0 Å². The minimum absolute atomic E-state index is 0.147. The summed E-state index contributed by atoms with van der Waals surface area (Å²) in [6, 6.07) is 13.7. The van der Waals surface area contributed by atoms with E-state index in [0.29, 0.717) is 49.0 Å². The lowest BCUT2D eigenvalue weighted by Gasteiger charge is -2.31. The monoisotopic (exact) mass is 498 g/mol. The molecule has 1 aromatic heterocycles. The number of rotatable bonds is 8. The summed E-state index contributed by atoms with van der Waals surface area (Å²) in [7, 11) is -2.16. The van der Waals surface area contributed by atoms with Crippen molar-refractivity contribution in [2.24, 2.45) is 5.92 Å². The molecule has 186 valence electrons. The van der Waals surface area contributed by atoms with E-state index in [1.54, 1.807) is 12.1 Å². The molecule has 0 saturated carbocycles. The van der Waals surface area contributed by atoms with Crippen molar-refractivity contribution in [2.45, 2.75) is 43.9 Å². The molecule has 0 radical (unpaired) electrons. The van der Waals surface area contributed by atoms with Gasteiger partial charge >= 0.3 is 0 Å². The third-order valence-corrected chi connectivity index (χ3v) is 7.89. The molecule has 0 bridgehead atoms. The summed E-state index contributed by atoms with van der Waals surface area (Å²) >= 11 is 0. The van der Waals surface area contributed by atoms with Crippen LogP contribution < -0.4 is 10.1 Å². The van der Waals surface area contributed by atoms with E-state index in [2.05, 4.69) is 15.5 Å². The maximum Gasteiger partial charge on any atom is 0.243 e. The molecule has 1 aliphatic rings. The molecular formula is C25H30N4O5S. The highest BCUT2D eigenvalue weighted by atomic mass is 32.2. The van der Waals surface area contributed by atoms with Gasteiger partial charge in [-0.05, 0) is 54.8 Å². The lowest BCUT2D eigenvalue weighted by Crippen LogP contribution is -2.43. The largest absolute Gasteiger partial charge is 0.497 e. The van der Waals surface area contributed by atoms with E-state index in [1.165, 1.54) is 23.5 Å². The van der Waals surface area contributed by atoms with Crippen molar-refractivity contribution in [3.8, 4) is 5.75 Å². The summed E-state index contributed by atoms with van der Waals surface area (Å²) in [5.74, 6) is 1.38. The Bertz CT molecular complexity index is 1250. The second-order valence-electron chi connectivity index (χ2n) is 8.94. The highest BCUT2D eigenvalue weighted by molar-refractivity contribution is 7.89. The summed E-state index contributed by atoms with van der Waals surface area (Å²) in [5.41, 5.74) is 1.65. The van der Waals surface area contributed by atoms with E-state index >= 15 is 0 Å². The smallest absolute Gasteiger partial charge is 0.243 e. The van der Waals surface area contributed by atoms with E-state index in [-0.39, 0.29) is 23.3 Å². The van der Waals surface area contributed by atoms with Gasteiger partial charge in [-0.1, -0.05) is 31.1 Å². The maximum atomic E-state index is 13.1. The maximum absolute atomic E-state index is 13.1. The predicted molar refractivity (Wildman–Crippen MR) is 131 cm³/mol. The second kappa shape index (κ2) is 10.6. The molecule has 35 heavy (non-hydrogen) atoms. The number of piperidine rings is 1. The fraction of sp³-hybridized carbons (Fsp3) is 0.400. The number of ether oxygens (including phenoxy) is 1. The summed E-state index contributed by atoms with van der Waals surface area (Å²) in [4.78, 5) is 17.5. The predicted octanol–water partition coefficient (Wildman–Crippen LogP) is 3.83. The molecule has 2 aromatic carbocycles. The molecular weight excluding hydrogens is 468 g/mol. The molecule has 1 fully saturated rings. The third kappa shape index (κ3) is 5.88. The SMILES string of the molecule is COc1ccc(S(=O)(=O)N2CCC[C@H](C(=O)Nc3ccc(Cc4noc(C(C)C)n4)cc3)C2)cc1. The van der Waals surface area contributed by atoms with Gasteiger partial charge in [0, 0.05) is 31.1 Å². The van der Waals surface area contributed by atoms with Gasteiger partial charge in [-0.25, -0.2) is 8.42 Å². The molecule has 9 nitrogen and oxygen atoms in total. The number of carbonyl (C=O) groups is 1. The van der Waals surface area contributed by atoms with Gasteiger partial charge in [0.1, 0.15) is 5.75 Å². The first-order valence-electron chi connectivity index (χ1n) is 11.6. The van der Waals surface area contributed by atoms with Crippen molar-refractivity contribution >= 4 is 21.6 Å². The highest BCUT2D eigenvalue weighted by Crippen LogP contribution is 2.26. The molecule has 1 aliphatic heterocycles. The van der Waals surface area contributed by atoms with Crippen LogP contribution in [-0.2, 0) is 21.2 Å². The van der Waals surface area contributed by atoms with Crippen LogP contribution in [0.2, 0.25) is 0 Å². The number of amides is 1. The summed E-state index contributed by atoms with van der Waals surface area (Å²) < 4.78 is 37.9. The van der Waals surface area contributed by atoms with Gasteiger partial charge in [0.25, 0.3) is 0 Å². The number of aromatic nitrogens is 2. The van der Waals surface area contributed by atoms with Crippen LogP contribution in [0.3, 0.4) is 0 Å². The van der Waals surface area contributed by atoms with Gasteiger partial charge in [0.05, 0.1) is 17.9 Å². The fourth-order valence-corrected chi connectivity index (χ4v) is 5.50. The Morgan fingerprint density at radius 3 is 2.51 bits per heavy atom. The number of benzene rings is 2. The van der Waals surface area contributed by atoms with Crippen LogP contribution in [-0.4, -0.2) is 49.0 Å². The lowest BCUT2D eigenvalue weighted by molar-refractivity contribution is -0.120. The lowest BCUT2D eigenvalue weighted by atomic mass is 9.98.